The lowest BCUT2D eigenvalue weighted by Gasteiger charge is -2.10. The van der Waals surface area contributed by atoms with Gasteiger partial charge in [0.15, 0.2) is 22.8 Å². The van der Waals surface area contributed by atoms with E-state index in [0.29, 0.717) is 0 Å². The highest BCUT2D eigenvalue weighted by Gasteiger charge is 2.37. The second-order valence-electron chi connectivity index (χ2n) is 8.41. The molecule has 2 aromatic heterocycles. The number of benzene rings is 3. The first kappa shape index (κ1) is 29.4. The first-order valence-corrected chi connectivity index (χ1v) is 11.1. The predicted molar refractivity (Wildman–Crippen MR) is 123 cm³/mol. The molecule has 0 saturated heterocycles. The lowest BCUT2D eigenvalue weighted by atomic mass is 9.98. The van der Waals surface area contributed by atoms with Gasteiger partial charge in [0.1, 0.15) is 46.6 Å². The number of nitrogens with zero attached hydrogens (tertiary/aromatic N) is 4. The zero-order valence-corrected chi connectivity index (χ0v) is 20.4. The second kappa shape index (κ2) is 9.71. The number of hydrogen-bond donors (Lipinski definition) is 0. The first-order valence-electron chi connectivity index (χ1n) is 11.1. The third kappa shape index (κ3) is 4.37. The van der Waals surface area contributed by atoms with Gasteiger partial charge in [-0.25, -0.2) is 8.78 Å². The molecule has 5 aromatic rings. The van der Waals surface area contributed by atoms with Gasteiger partial charge in [-0.15, -0.1) is 26.3 Å². The summed E-state index contributed by atoms with van der Waals surface area (Å²) in [6.45, 7) is 0. The van der Waals surface area contributed by atoms with Crippen LogP contribution >= 0.6 is 0 Å². The largest absolute Gasteiger partial charge is 0.573 e. The normalized spacial score (nSPS) is 11.8. The molecular weight excluding hydrogens is 622 g/mol. The molecule has 0 aliphatic rings. The summed E-state index contributed by atoms with van der Waals surface area (Å²) in [6.07, 6.45) is -11.2. The van der Waals surface area contributed by atoms with E-state index in [0.717, 1.165) is 0 Å². The van der Waals surface area contributed by atoms with Gasteiger partial charge in [-0.3, -0.25) is 0 Å². The fourth-order valence-electron chi connectivity index (χ4n) is 4.53. The zero-order chi connectivity index (χ0) is 32.5. The van der Waals surface area contributed by atoms with Crippen molar-refractivity contribution in [1.82, 2.24) is 0 Å². The molecule has 0 aliphatic heterocycles. The van der Waals surface area contributed by atoms with Gasteiger partial charge < -0.3 is 18.3 Å². The maximum absolute atomic E-state index is 15.2. The molecule has 0 bridgehead atoms. The van der Waals surface area contributed by atoms with Gasteiger partial charge in [0.2, 0.25) is 23.1 Å². The molecule has 0 spiro atoms. The Labute approximate surface area is 233 Å². The highest BCUT2D eigenvalue weighted by Crippen LogP contribution is 2.41. The average Bonchev–Trinajstić information content (AvgIpc) is 3.49. The molecule has 0 fully saturated rings. The van der Waals surface area contributed by atoms with E-state index >= 15 is 8.78 Å². The van der Waals surface area contributed by atoms with Crippen molar-refractivity contribution in [2.45, 2.75) is 12.7 Å². The highest BCUT2D eigenvalue weighted by molar-refractivity contribution is 6.18. The van der Waals surface area contributed by atoms with Crippen molar-refractivity contribution in [2.75, 3.05) is 0 Å². The van der Waals surface area contributed by atoms with Crippen LogP contribution in [0.3, 0.4) is 0 Å². The van der Waals surface area contributed by atoms with Crippen LogP contribution in [0.15, 0.2) is 21.0 Å². The number of nitriles is 4. The quantitative estimate of drug-likeness (QED) is 0.211. The molecule has 0 N–H and O–H groups in total. The minimum absolute atomic E-state index is 0.216. The molecule has 8 nitrogen and oxygen atoms in total. The molecule has 3 aromatic carbocycles. The molecule has 2 heterocycles. The summed E-state index contributed by atoms with van der Waals surface area (Å²) in [6, 6.07) is 5.96. The number of hydrogen-bond acceptors (Lipinski definition) is 8. The third-order valence-corrected chi connectivity index (χ3v) is 6.00. The topological polar surface area (TPSA) is 140 Å². The molecule has 0 saturated carbocycles. The summed E-state index contributed by atoms with van der Waals surface area (Å²) in [7, 11) is 0. The Morgan fingerprint density at radius 2 is 0.886 bits per heavy atom. The zero-order valence-electron chi connectivity index (χ0n) is 20.4. The minimum atomic E-state index is -5.61. The van der Waals surface area contributed by atoms with Crippen molar-refractivity contribution < 1.29 is 62.2 Å². The third-order valence-electron chi connectivity index (χ3n) is 6.00. The van der Waals surface area contributed by atoms with Crippen LogP contribution in [0, 0.1) is 68.6 Å². The van der Waals surface area contributed by atoms with E-state index in [9.17, 15) is 56.2 Å². The van der Waals surface area contributed by atoms with Crippen LogP contribution in [0.1, 0.15) is 0 Å². The molecule has 220 valence electrons. The monoisotopic (exact) mass is 624 g/mol. The standard InChI is InChI=1S/C26H2F10N4O4/c27-11-1-9-15-13(7(3-37)4-38)24-16(10-2-12(28)22(44-26(34,35)36)18(30)20(10)42-24)14(8(5-39)6-40)23(15)41-19(9)17(29)21(11)43-25(31,32)33/h1-2H. The number of ether oxygens (including phenoxy) is 2. The fourth-order valence-corrected chi connectivity index (χ4v) is 4.53. The summed E-state index contributed by atoms with van der Waals surface area (Å²) in [5, 5.41) is 33.8. The molecule has 44 heavy (non-hydrogen) atoms. The Balaban J connectivity index is 2.19. The van der Waals surface area contributed by atoms with Gasteiger partial charge >= 0.3 is 12.7 Å². The maximum Gasteiger partial charge on any atom is 0.573 e. The summed E-state index contributed by atoms with van der Waals surface area (Å²) < 4.78 is 154. The van der Waals surface area contributed by atoms with E-state index in [1.165, 1.54) is 24.3 Å². The van der Waals surface area contributed by atoms with Crippen molar-refractivity contribution in [3.8, 4) is 35.8 Å². The van der Waals surface area contributed by atoms with Crippen molar-refractivity contribution in [3.05, 3.63) is 45.8 Å². The summed E-state index contributed by atoms with van der Waals surface area (Å²) in [5.74, 6) is -12.2. The Bertz CT molecular complexity index is 2210. The van der Waals surface area contributed by atoms with Crippen LogP contribution in [0.5, 0.6) is 11.5 Å². The molecule has 0 aliphatic carbocycles. The van der Waals surface area contributed by atoms with Crippen molar-refractivity contribution in [1.29, 1.82) is 21.0 Å². The van der Waals surface area contributed by atoms with Crippen LogP contribution in [0.4, 0.5) is 43.9 Å². The molecule has 0 atom stereocenters. The van der Waals surface area contributed by atoms with Crippen molar-refractivity contribution >= 4 is 55.0 Å². The molecule has 18 heteroatoms. The summed E-state index contributed by atoms with van der Waals surface area (Å²) in [4.78, 5) is 0. The number of furan rings is 2. The lowest BCUT2D eigenvalue weighted by Crippen LogP contribution is -2.19. The van der Waals surface area contributed by atoms with Crippen molar-refractivity contribution in [2.24, 2.45) is 0 Å². The average molecular weight is 624 g/mol. The van der Waals surface area contributed by atoms with Crippen LogP contribution in [0.25, 0.3) is 55.0 Å². The van der Waals surface area contributed by atoms with E-state index in [2.05, 4.69) is 9.47 Å². The molecular formula is C26H2F10N4O4. The van der Waals surface area contributed by atoms with Gasteiger partial charge in [-0.2, -0.15) is 29.8 Å². The SMILES string of the molecule is N#CC(C#N)=c1c2oc3c(F)c(OC(F)(F)F)c(F)cc3c2c(=C(C#N)C#N)c2oc3c(F)c(OC(F)(F)F)c(F)cc3c12. The predicted octanol–water partition coefficient (Wildman–Crippen LogP) is 6.23. The van der Waals surface area contributed by atoms with E-state index in [1.807, 2.05) is 0 Å². The number of halogens is 10. The van der Waals surface area contributed by atoms with Crippen molar-refractivity contribution in [3.63, 3.8) is 0 Å². The number of fused-ring (bicyclic) bond motifs is 6. The van der Waals surface area contributed by atoms with Crippen LogP contribution in [-0.4, -0.2) is 12.7 Å². The van der Waals surface area contributed by atoms with Crippen LogP contribution in [0.2, 0.25) is 0 Å². The summed E-state index contributed by atoms with van der Waals surface area (Å²) in [5.41, 5.74) is -6.25. The molecule has 5 rings (SSSR count). The molecule has 0 unspecified atom stereocenters. The fraction of sp³-hybridized carbons (Fsp3) is 0.0769. The molecule has 0 radical (unpaired) electrons. The highest BCUT2D eigenvalue weighted by atomic mass is 19.4. The van der Waals surface area contributed by atoms with Gasteiger partial charge in [0, 0.05) is 21.5 Å². The second-order valence-corrected chi connectivity index (χ2v) is 8.41. The Morgan fingerprint density at radius 1 is 0.568 bits per heavy atom. The number of alkyl halides is 6. The Kier molecular flexibility index (Phi) is 6.48. The van der Waals surface area contributed by atoms with E-state index in [1.54, 1.807) is 0 Å². The van der Waals surface area contributed by atoms with E-state index in [4.69, 9.17) is 8.83 Å². The van der Waals surface area contributed by atoms with Gasteiger partial charge in [-0.05, 0) is 12.1 Å². The van der Waals surface area contributed by atoms with Gasteiger partial charge in [-0.1, -0.05) is 0 Å². The first-order chi connectivity index (χ1) is 20.6. The minimum Gasteiger partial charge on any atom is -0.452 e. The van der Waals surface area contributed by atoms with E-state index < -0.39 is 113 Å². The number of rotatable bonds is 2. The Morgan fingerprint density at radius 3 is 1.16 bits per heavy atom. The van der Waals surface area contributed by atoms with Crippen LogP contribution < -0.4 is 19.9 Å². The van der Waals surface area contributed by atoms with Gasteiger partial charge in [0.25, 0.3) is 0 Å². The Hall–Kier alpha value is -6.14. The smallest absolute Gasteiger partial charge is 0.452 e. The summed E-state index contributed by atoms with van der Waals surface area (Å²) >= 11 is 0. The van der Waals surface area contributed by atoms with Gasteiger partial charge in [0.05, 0.1) is 10.4 Å². The maximum atomic E-state index is 15.2. The molecule has 0 amide bonds. The van der Waals surface area contributed by atoms with Crippen LogP contribution in [-0.2, 0) is 0 Å². The van der Waals surface area contributed by atoms with E-state index in [-0.39, 0.29) is 12.1 Å². The lowest BCUT2D eigenvalue weighted by molar-refractivity contribution is -0.277.